The van der Waals surface area contributed by atoms with Crippen LogP contribution in [0.5, 0.6) is 0 Å². The van der Waals surface area contributed by atoms with E-state index >= 15 is 0 Å². The number of nitrogens with zero attached hydrogens (tertiary/aromatic N) is 1. The summed E-state index contributed by atoms with van der Waals surface area (Å²) in [7, 11) is 0. The Morgan fingerprint density at radius 1 is 1.04 bits per heavy atom. The number of amides is 2. The van der Waals surface area contributed by atoms with Crippen LogP contribution in [0, 0.1) is 5.92 Å². The van der Waals surface area contributed by atoms with Gasteiger partial charge < -0.3 is 16.0 Å². The standard InChI is InChI=1S/C19H27N3O2/c20-19(11-5-2-6-12-19)18(24)22-13-9-15(10-14-22)17(23)21-16-7-3-1-4-8-16/h1,3-4,7-8,15H,2,5-6,9-14,20H2,(H,21,23). The Bertz CT molecular complexity index is 574. The van der Waals surface area contributed by atoms with Crippen LogP contribution >= 0.6 is 0 Å². The minimum Gasteiger partial charge on any atom is -0.341 e. The number of benzene rings is 1. The zero-order chi connectivity index (χ0) is 17.0. The number of anilines is 1. The number of rotatable bonds is 3. The first kappa shape index (κ1) is 17.0. The Morgan fingerprint density at radius 2 is 1.67 bits per heavy atom. The van der Waals surface area contributed by atoms with Crippen molar-refractivity contribution in [3.8, 4) is 0 Å². The van der Waals surface area contributed by atoms with Crippen LogP contribution in [0.25, 0.3) is 0 Å². The van der Waals surface area contributed by atoms with E-state index in [0.717, 1.165) is 31.4 Å². The van der Waals surface area contributed by atoms with Gasteiger partial charge in [-0.25, -0.2) is 0 Å². The summed E-state index contributed by atoms with van der Waals surface area (Å²) < 4.78 is 0. The van der Waals surface area contributed by atoms with Gasteiger partial charge in [-0.2, -0.15) is 0 Å². The number of hydrogen-bond donors (Lipinski definition) is 2. The van der Waals surface area contributed by atoms with Crippen LogP contribution in [0.3, 0.4) is 0 Å². The normalized spacial score (nSPS) is 21.3. The number of carbonyl (C=O) groups is 2. The van der Waals surface area contributed by atoms with Crippen molar-refractivity contribution >= 4 is 17.5 Å². The summed E-state index contributed by atoms with van der Waals surface area (Å²) in [6.45, 7) is 1.26. The third-order valence-corrected chi connectivity index (χ3v) is 5.37. The van der Waals surface area contributed by atoms with Gasteiger partial charge in [0.2, 0.25) is 11.8 Å². The van der Waals surface area contributed by atoms with Gasteiger partial charge in [0.15, 0.2) is 0 Å². The van der Waals surface area contributed by atoms with Gasteiger partial charge in [-0.05, 0) is 37.8 Å². The monoisotopic (exact) mass is 329 g/mol. The molecule has 1 aromatic carbocycles. The second-order valence-electron chi connectivity index (χ2n) is 7.14. The number of piperidine rings is 1. The van der Waals surface area contributed by atoms with Crippen molar-refractivity contribution in [3.63, 3.8) is 0 Å². The predicted octanol–water partition coefficient (Wildman–Crippen LogP) is 2.53. The maximum atomic E-state index is 12.7. The summed E-state index contributed by atoms with van der Waals surface area (Å²) in [5.74, 6) is 0.104. The molecular formula is C19H27N3O2. The average molecular weight is 329 g/mol. The van der Waals surface area contributed by atoms with Crippen LogP contribution in [0.1, 0.15) is 44.9 Å². The molecule has 1 heterocycles. The molecule has 0 unspecified atom stereocenters. The molecule has 0 bridgehead atoms. The van der Waals surface area contributed by atoms with Crippen molar-refractivity contribution in [1.82, 2.24) is 4.90 Å². The number of carbonyl (C=O) groups excluding carboxylic acids is 2. The van der Waals surface area contributed by atoms with Crippen LogP contribution in [0.15, 0.2) is 30.3 Å². The van der Waals surface area contributed by atoms with E-state index in [-0.39, 0.29) is 17.7 Å². The molecule has 1 aromatic rings. The smallest absolute Gasteiger partial charge is 0.242 e. The van der Waals surface area contributed by atoms with Gasteiger partial charge in [-0.3, -0.25) is 9.59 Å². The zero-order valence-electron chi connectivity index (χ0n) is 14.2. The molecule has 5 nitrogen and oxygen atoms in total. The summed E-state index contributed by atoms with van der Waals surface area (Å²) in [5.41, 5.74) is 6.51. The van der Waals surface area contributed by atoms with Crippen molar-refractivity contribution in [2.75, 3.05) is 18.4 Å². The van der Waals surface area contributed by atoms with Crippen LogP contribution in [0.4, 0.5) is 5.69 Å². The largest absolute Gasteiger partial charge is 0.341 e. The van der Waals surface area contributed by atoms with E-state index < -0.39 is 5.54 Å². The van der Waals surface area contributed by atoms with E-state index in [1.54, 1.807) is 0 Å². The molecule has 0 spiro atoms. The van der Waals surface area contributed by atoms with Crippen molar-refractivity contribution in [3.05, 3.63) is 30.3 Å². The van der Waals surface area contributed by atoms with Crippen LogP contribution in [0.2, 0.25) is 0 Å². The topological polar surface area (TPSA) is 75.4 Å². The van der Waals surface area contributed by atoms with Crippen LogP contribution in [-0.4, -0.2) is 35.3 Å². The average Bonchev–Trinajstić information content (AvgIpc) is 2.63. The highest BCUT2D eigenvalue weighted by molar-refractivity contribution is 5.93. The van der Waals surface area contributed by atoms with E-state index in [1.807, 2.05) is 35.2 Å². The van der Waals surface area contributed by atoms with Gasteiger partial charge in [0.05, 0.1) is 5.54 Å². The lowest BCUT2D eigenvalue weighted by Crippen LogP contribution is -2.58. The van der Waals surface area contributed by atoms with Crippen molar-refractivity contribution < 1.29 is 9.59 Å². The van der Waals surface area contributed by atoms with Crippen molar-refractivity contribution in [2.45, 2.75) is 50.5 Å². The Kier molecular flexibility index (Phi) is 5.19. The lowest BCUT2D eigenvalue weighted by Gasteiger charge is -2.39. The maximum Gasteiger partial charge on any atom is 0.242 e. The molecule has 130 valence electrons. The summed E-state index contributed by atoms with van der Waals surface area (Å²) in [6.07, 6.45) is 6.26. The van der Waals surface area contributed by atoms with Gasteiger partial charge in [0, 0.05) is 24.7 Å². The Hall–Kier alpha value is -1.88. The highest BCUT2D eigenvalue weighted by atomic mass is 16.2. The quantitative estimate of drug-likeness (QED) is 0.895. The van der Waals surface area contributed by atoms with E-state index in [2.05, 4.69) is 5.32 Å². The summed E-state index contributed by atoms with van der Waals surface area (Å²) in [5, 5.41) is 2.96. The predicted molar refractivity (Wildman–Crippen MR) is 94.4 cm³/mol. The maximum absolute atomic E-state index is 12.7. The lowest BCUT2D eigenvalue weighted by molar-refractivity contribution is -0.140. The summed E-state index contributed by atoms with van der Waals surface area (Å²) in [4.78, 5) is 27.0. The van der Waals surface area contributed by atoms with Gasteiger partial charge in [0.25, 0.3) is 0 Å². The highest BCUT2D eigenvalue weighted by Gasteiger charge is 2.39. The molecule has 2 amide bonds. The number of nitrogens with two attached hydrogens (primary N) is 1. The molecular weight excluding hydrogens is 302 g/mol. The first-order chi connectivity index (χ1) is 11.6. The van der Waals surface area contributed by atoms with E-state index in [1.165, 1.54) is 6.42 Å². The molecule has 2 fully saturated rings. The summed E-state index contributed by atoms with van der Waals surface area (Å²) >= 11 is 0. The highest BCUT2D eigenvalue weighted by Crippen LogP contribution is 2.29. The summed E-state index contributed by atoms with van der Waals surface area (Å²) in [6, 6.07) is 9.51. The molecule has 1 aliphatic heterocycles. The minimum atomic E-state index is -0.669. The zero-order valence-corrected chi connectivity index (χ0v) is 14.2. The van der Waals surface area contributed by atoms with Crippen LogP contribution in [-0.2, 0) is 9.59 Å². The molecule has 1 saturated heterocycles. The molecule has 24 heavy (non-hydrogen) atoms. The van der Waals surface area contributed by atoms with Gasteiger partial charge in [0.1, 0.15) is 0 Å². The van der Waals surface area contributed by atoms with Crippen molar-refractivity contribution in [1.29, 1.82) is 0 Å². The van der Waals surface area contributed by atoms with E-state index in [0.29, 0.717) is 25.9 Å². The van der Waals surface area contributed by atoms with Gasteiger partial charge in [-0.15, -0.1) is 0 Å². The molecule has 1 saturated carbocycles. The molecule has 5 heteroatoms. The molecule has 3 rings (SSSR count). The molecule has 2 aliphatic rings. The molecule has 0 atom stereocenters. The van der Waals surface area contributed by atoms with Crippen molar-refractivity contribution in [2.24, 2.45) is 11.7 Å². The number of likely N-dealkylation sites (tertiary alicyclic amines) is 1. The van der Waals surface area contributed by atoms with E-state index in [9.17, 15) is 9.59 Å². The first-order valence-corrected chi connectivity index (χ1v) is 9.03. The second kappa shape index (κ2) is 7.34. The Labute approximate surface area is 143 Å². The number of para-hydroxylation sites is 1. The first-order valence-electron chi connectivity index (χ1n) is 9.03. The fraction of sp³-hybridized carbons (Fsp3) is 0.579. The van der Waals surface area contributed by atoms with Gasteiger partial charge in [-0.1, -0.05) is 37.5 Å². The SMILES string of the molecule is NC1(C(=O)N2CCC(C(=O)Nc3ccccc3)CC2)CCCCC1. The Morgan fingerprint density at radius 3 is 2.29 bits per heavy atom. The lowest BCUT2D eigenvalue weighted by atomic mass is 9.81. The van der Waals surface area contributed by atoms with Gasteiger partial charge >= 0.3 is 0 Å². The third-order valence-electron chi connectivity index (χ3n) is 5.37. The molecule has 3 N–H and O–H groups in total. The van der Waals surface area contributed by atoms with E-state index in [4.69, 9.17) is 5.73 Å². The minimum absolute atomic E-state index is 0.0330. The molecule has 0 aromatic heterocycles. The number of nitrogens with one attached hydrogen (secondary N) is 1. The molecule has 1 aliphatic carbocycles. The Balaban J connectivity index is 1.52. The fourth-order valence-corrected chi connectivity index (χ4v) is 3.82. The second-order valence-corrected chi connectivity index (χ2v) is 7.14. The van der Waals surface area contributed by atoms with Crippen LogP contribution < -0.4 is 11.1 Å². The third kappa shape index (κ3) is 3.78. The number of hydrogen-bond acceptors (Lipinski definition) is 3. The fourth-order valence-electron chi connectivity index (χ4n) is 3.82. The molecule has 0 radical (unpaired) electrons.